The fourth-order valence-electron chi connectivity index (χ4n) is 2.02. The number of amides is 1. The van der Waals surface area contributed by atoms with Crippen LogP contribution < -0.4 is 9.64 Å². The number of carbonyl (C=O) groups is 2. The number of nitrogens with zero attached hydrogens (tertiary/aromatic N) is 1. The summed E-state index contributed by atoms with van der Waals surface area (Å²) in [5.41, 5.74) is 0.270. The molecule has 1 aromatic rings. The molecule has 1 heterocycles. The van der Waals surface area contributed by atoms with Crippen molar-refractivity contribution in [3.63, 3.8) is 0 Å². The number of para-hydroxylation sites is 1. The molecular formula is C12H12FNO4. The summed E-state index contributed by atoms with van der Waals surface area (Å²) < 4.78 is 18.4. The average molecular weight is 253 g/mol. The number of aliphatic carboxylic acids is 1. The van der Waals surface area contributed by atoms with E-state index in [1.54, 1.807) is 0 Å². The average Bonchev–Trinajstić information content (AvgIpc) is 2.71. The number of hydrogen-bond acceptors (Lipinski definition) is 3. The molecule has 1 atom stereocenters. The summed E-state index contributed by atoms with van der Waals surface area (Å²) in [5, 5.41) is 8.89. The molecule has 6 heteroatoms. The quantitative estimate of drug-likeness (QED) is 0.881. The molecule has 1 unspecified atom stereocenters. The fraction of sp³-hybridized carbons (Fsp3) is 0.333. The molecule has 0 aliphatic carbocycles. The molecule has 1 fully saturated rings. The highest BCUT2D eigenvalue weighted by molar-refractivity contribution is 6.00. The summed E-state index contributed by atoms with van der Waals surface area (Å²) >= 11 is 0. The summed E-state index contributed by atoms with van der Waals surface area (Å²) in [7, 11) is 1.30. The molecule has 1 amide bonds. The number of carboxylic acid groups (broad SMARTS) is 1. The molecule has 1 aliphatic heterocycles. The Morgan fingerprint density at radius 1 is 1.56 bits per heavy atom. The van der Waals surface area contributed by atoms with E-state index in [0.29, 0.717) is 0 Å². The van der Waals surface area contributed by atoms with Crippen LogP contribution in [0.5, 0.6) is 5.75 Å². The van der Waals surface area contributed by atoms with Crippen LogP contribution >= 0.6 is 0 Å². The summed E-state index contributed by atoms with van der Waals surface area (Å²) in [6.07, 6.45) is -0.0744. The number of methoxy groups -OCH3 is 1. The van der Waals surface area contributed by atoms with Gasteiger partial charge in [0.1, 0.15) is 0 Å². The first kappa shape index (κ1) is 12.3. The Labute approximate surface area is 103 Å². The molecule has 1 aromatic carbocycles. The lowest BCUT2D eigenvalue weighted by Gasteiger charge is -2.19. The van der Waals surface area contributed by atoms with Crippen LogP contribution in [0.25, 0.3) is 0 Å². The maximum Gasteiger partial charge on any atom is 0.308 e. The minimum Gasteiger partial charge on any atom is -0.492 e. The first-order valence-electron chi connectivity index (χ1n) is 5.40. The molecular weight excluding hydrogens is 241 g/mol. The second kappa shape index (κ2) is 4.64. The largest absolute Gasteiger partial charge is 0.492 e. The van der Waals surface area contributed by atoms with E-state index in [-0.39, 0.29) is 30.3 Å². The highest BCUT2D eigenvalue weighted by Crippen LogP contribution is 2.34. The van der Waals surface area contributed by atoms with Crippen LogP contribution in [0, 0.1) is 11.7 Å². The molecule has 5 nitrogen and oxygen atoms in total. The molecule has 2 rings (SSSR count). The van der Waals surface area contributed by atoms with E-state index in [1.807, 2.05) is 0 Å². The van der Waals surface area contributed by atoms with Crippen molar-refractivity contribution in [2.24, 2.45) is 5.92 Å². The molecule has 96 valence electrons. The van der Waals surface area contributed by atoms with E-state index in [0.717, 1.165) is 0 Å². The number of benzene rings is 1. The molecule has 1 aliphatic rings. The zero-order chi connectivity index (χ0) is 13.3. The van der Waals surface area contributed by atoms with Gasteiger partial charge in [-0.3, -0.25) is 9.59 Å². The lowest BCUT2D eigenvalue weighted by molar-refractivity contribution is -0.141. The molecule has 1 saturated heterocycles. The van der Waals surface area contributed by atoms with E-state index in [2.05, 4.69) is 0 Å². The van der Waals surface area contributed by atoms with Crippen LogP contribution in [0.2, 0.25) is 0 Å². The third kappa shape index (κ3) is 2.01. The molecule has 0 bridgehead atoms. The zero-order valence-electron chi connectivity index (χ0n) is 9.72. The van der Waals surface area contributed by atoms with Crippen LogP contribution in [-0.4, -0.2) is 30.6 Å². The second-order valence-electron chi connectivity index (χ2n) is 4.04. The van der Waals surface area contributed by atoms with Crippen molar-refractivity contribution in [1.82, 2.24) is 0 Å². The van der Waals surface area contributed by atoms with E-state index in [9.17, 15) is 14.0 Å². The van der Waals surface area contributed by atoms with Gasteiger partial charge in [-0.2, -0.15) is 0 Å². The Morgan fingerprint density at radius 3 is 2.83 bits per heavy atom. The molecule has 0 spiro atoms. The van der Waals surface area contributed by atoms with E-state index >= 15 is 0 Å². The third-order valence-electron chi connectivity index (χ3n) is 2.92. The van der Waals surface area contributed by atoms with E-state index in [1.165, 1.54) is 30.2 Å². The molecule has 0 radical (unpaired) electrons. The number of hydrogen-bond donors (Lipinski definition) is 1. The van der Waals surface area contributed by atoms with Crippen molar-refractivity contribution in [2.45, 2.75) is 6.42 Å². The molecule has 0 aromatic heterocycles. The van der Waals surface area contributed by atoms with Gasteiger partial charge in [-0.15, -0.1) is 0 Å². The van der Waals surface area contributed by atoms with Gasteiger partial charge in [0.25, 0.3) is 0 Å². The van der Waals surface area contributed by atoms with Crippen LogP contribution in [0.3, 0.4) is 0 Å². The van der Waals surface area contributed by atoms with Crippen molar-refractivity contribution in [2.75, 3.05) is 18.6 Å². The summed E-state index contributed by atoms with van der Waals surface area (Å²) in [6, 6.07) is 4.20. The Balaban J connectivity index is 2.35. The first-order valence-corrected chi connectivity index (χ1v) is 5.40. The van der Waals surface area contributed by atoms with Crippen molar-refractivity contribution < 1.29 is 23.8 Å². The van der Waals surface area contributed by atoms with Crippen LogP contribution in [0.1, 0.15) is 6.42 Å². The fourth-order valence-corrected chi connectivity index (χ4v) is 2.02. The van der Waals surface area contributed by atoms with Gasteiger partial charge in [-0.05, 0) is 12.1 Å². The molecule has 0 saturated carbocycles. The lowest BCUT2D eigenvalue weighted by atomic mass is 10.1. The van der Waals surface area contributed by atoms with Gasteiger partial charge in [-0.1, -0.05) is 6.07 Å². The van der Waals surface area contributed by atoms with Crippen LogP contribution in [-0.2, 0) is 9.59 Å². The molecule has 18 heavy (non-hydrogen) atoms. The highest BCUT2D eigenvalue weighted by atomic mass is 19.1. The predicted octanol–water partition coefficient (Wildman–Crippen LogP) is 1.27. The van der Waals surface area contributed by atoms with Gasteiger partial charge in [0.05, 0.1) is 18.7 Å². The van der Waals surface area contributed by atoms with Gasteiger partial charge >= 0.3 is 5.97 Å². The number of ether oxygens (including phenoxy) is 1. The number of carboxylic acids is 1. The van der Waals surface area contributed by atoms with Crippen LogP contribution in [0.4, 0.5) is 10.1 Å². The van der Waals surface area contributed by atoms with E-state index < -0.39 is 17.7 Å². The minimum atomic E-state index is -1.03. The predicted molar refractivity (Wildman–Crippen MR) is 61.0 cm³/mol. The van der Waals surface area contributed by atoms with Crippen molar-refractivity contribution in [3.8, 4) is 5.75 Å². The SMILES string of the molecule is COc1c(F)cccc1N1CC(C(=O)O)CC1=O. The van der Waals surface area contributed by atoms with Gasteiger partial charge < -0.3 is 14.7 Å². The smallest absolute Gasteiger partial charge is 0.308 e. The van der Waals surface area contributed by atoms with Crippen molar-refractivity contribution in [3.05, 3.63) is 24.0 Å². The maximum absolute atomic E-state index is 13.5. The summed E-state index contributed by atoms with van der Waals surface area (Å²) in [6.45, 7) is 0.0357. The molecule has 1 N–H and O–H groups in total. The Morgan fingerprint density at radius 2 is 2.28 bits per heavy atom. The normalized spacial score (nSPS) is 19.1. The highest BCUT2D eigenvalue weighted by Gasteiger charge is 2.36. The second-order valence-corrected chi connectivity index (χ2v) is 4.04. The summed E-state index contributed by atoms with van der Waals surface area (Å²) in [5.74, 6) is -2.75. The Hall–Kier alpha value is -2.11. The van der Waals surface area contributed by atoms with Gasteiger partial charge in [0.2, 0.25) is 5.91 Å². The van der Waals surface area contributed by atoms with Crippen LogP contribution in [0.15, 0.2) is 18.2 Å². The number of anilines is 1. The Bertz CT molecular complexity index is 503. The van der Waals surface area contributed by atoms with Crippen molar-refractivity contribution in [1.29, 1.82) is 0 Å². The minimum absolute atomic E-state index is 0.0357. The number of rotatable bonds is 3. The number of halogens is 1. The van der Waals surface area contributed by atoms with Gasteiger partial charge in [0, 0.05) is 13.0 Å². The topological polar surface area (TPSA) is 66.8 Å². The van der Waals surface area contributed by atoms with E-state index in [4.69, 9.17) is 9.84 Å². The van der Waals surface area contributed by atoms with Crippen molar-refractivity contribution >= 4 is 17.6 Å². The zero-order valence-corrected chi connectivity index (χ0v) is 9.72. The van der Waals surface area contributed by atoms with Gasteiger partial charge in [0.15, 0.2) is 11.6 Å². The Kier molecular flexibility index (Phi) is 3.18. The maximum atomic E-state index is 13.5. The summed E-state index contributed by atoms with van der Waals surface area (Å²) in [4.78, 5) is 23.9. The number of carbonyl (C=O) groups excluding carboxylic acids is 1. The monoisotopic (exact) mass is 253 g/mol. The van der Waals surface area contributed by atoms with Gasteiger partial charge in [-0.25, -0.2) is 4.39 Å². The third-order valence-corrected chi connectivity index (χ3v) is 2.92. The lowest BCUT2D eigenvalue weighted by Crippen LogP contribution is -2.26. The first-order chi connectivity index (χ1) is 8.54. The standard InChI is InChI=1S/C12H12FNO4/c1-18-11-8(13)3-2-4-9(11)14-6-7(12(16)17)5-10(14)15/h2-4,7H,5-6H2,1H3,(H,16,17).